The highest BCUT2D eigenvalue weighted by molar-refractivity contribution is 4.90. The van der Waals surface area contributed by atoms with E-state index in [1.54, 1.807) is 0 Å². The average molecular weight is 350 g/mol. The molecular weight excluding hydrogens is 347 g/mol. The lowest BCUT2D eigenvalue weighted by atomic mass is 10.2. The van der Waals surface area contributed by atoms with Crippen molar-refractivity contribution < 1.29 is 61.8 Å². The molecule has 0 spiro atoms. The molecule has 0 aromatic rings. The van der Waals surface area contributed by atoms with Crippen molar-refractivity contribution in [1.82, 2.24) is 0 Å². The molecule has 0 rings (SSSR count). The van der Waals surface area contributed by atoms with Gasteiger partial charge in [-0.3, -0.25) is 0 Å². The van der Waals surface area contributed by atoms with Gasteiger partial charge in [0.1, 0.15) is 6.61 Å². The molecule has 0 saturated heterocycles. The van der Waals surface area contributed by atoms with Crippen molar-refractivity contribution in [3.8, 4) is 0 Å². The third kappa shape index (κ3) is 4.26. The van der Waals surface area contributed by atoms with E-state index in [1.165, 1.54) is 0 Å². The molecule has 0 aromatic heterocycles. The Balaban J connectivity index is 5.09. The Morgan fingerprint density at radius 1 is 0.667 bits per heavy atom. The first-order valence-electron chi connectivity index (χ1n) is 4.41. The molecular formula is C7H3F13O. The quantitative estimate of drug-likeness (QED) is 0.671. The number of ether oxygens (including phenoxy) is 1. The molecule has 1 atom stereocenters. The van der Waals surface area contributed by atoms with Crippen LogP contribution in [0.5, 0.6) is 0 Å². The van der Waals surface area contributed by atoms with Crippen LogP contribution in [-0.2, 0) is 4.74 Å². The van der Waals surface area contributed by atoms with Crippen LogP contribution < -0.4 is 0 Å². The molecule has 0 heterocycles. The van der Waals surface area contributed by atoms with Crippen molar-refractivity contribution in [2.75, 3.05) is 6.61 Å². The van der Waals surface area contributed by atoms with Crippen LogP contribution in [0.2, 0.25) is 0 Å². The highest BCUT2D eigenvalue weighted by Gasteiger charge is 2.71. The smallest absolute Gasteiger partial charge is 0.311 e. The van der Waals surface area contributed by atoms with E-state index in [0.717, 1.165) is 0 Å². The second kappa shape index (κ2) is 5.35. The van der Waals surface area contributed by atoms with Crippen LogP contribution in [0.1, 0.15) is 0 Å². The average Bonchev–Trinajstić information content (AvgIpc) is 2.22. The van der Waals surface area contributed by atoms with Gasteiger partial charge in [0.15, 0.2) is 0 Å². The third-order valence-electron chi connectivity index (χ3n) is 1.85. The molecule has 14 heteroatoms. The number of halogens is 13. The van der Waals surface area contributed by atoms with Gasteiger partial charge in [0, 0.05) is 0 Å². The fourth-order valence-corrected chi connectivity index (χ4v) is 0.697. The minimum Gasteiger partial charge on any atom is -0.311 e. The maximum absolute atomic E-state index is 12.5. The normalized spacial score (nSPS) is 17.0. The summed E-state index contributed by atoms with van der Waals surface area (Å²) < 4.78 is 158. The van der Waals surface area contributed by atoms with Crippen molar-refractivity contribution >= 4 is 0 Å². The molecule has 0 amide bonds. The fraction of sp³-hybridized carbons (Fsp3) is 1.00. The van der Waals surface area contributed by atoms with Crippen molar-refractivity contribution in [2.45, 2.75) is 36.5 Å². The van der Waals surface area contributed by atoms with Crippen LogP contribution in [0.4, 0.5) is 57.1 Å². The van der Waals surface area contributed by atoms with E-state index >= 15 is 0 Å². The van der Waals surface area contributed by atoms with E-state index in [9.17, 15) is 57.1 Å². The molecule has 0 aromatic carbocycles. The van der Waals surface area contributed by atoms with Crippen molar-refractivity contribution in [3.63, 3.8) is 0 Å². The number of hydrogen-bond acceptors (Lipinski definition) is 1. The van der Waals surface area contributed by atoms with E-state index < -0.39 is 43.1 Å². The van der Waals surface area contributed by atoms with Gasteiger partial charge in [-0.2, -0.15) is 52.7 Å². The molecule has 0 fully saturated rings. The molecule has 0 radical (unpaired) electrons. The lowest BCUT2D eigenvalue weighted by Gasteiger charge is -2.29. The molecule has 1 unspecified atom stereocenters. The van der Waals surface area contributed by atoms with Gasteiger partial charge in [-0.25, -0.2) is 4.39 Å². The summed E-state index contributed by atoms with van der Waals surface area (Å²) in [7, 11) is 0. The second-order valence-electron chi connectivity index (χ2n) is 3.54. The highest BCUT2D eigenvalue weighted by atomic mass is 19.4. The Hall–Kier alpha value is -0.950. The monoisotopic (exact) mass is 350 g/mol. The van der Waals surface area contributed by atoms with Crippen LogP contribution in [0.25, 0.3) is 0 Å². The second-order valence-corrected chi connectivity index (χ2v) is 3.54. The zero-order valence-electron chi connectivity index (χ0n) is 9.11. The summed E-state index contributed by atoms with van der Waals surface area (Å²) in [6.07, 6.45) is -25.1. The van der Waals surface area contributed by atoms with Gasteiger partial charge in [0.2, 0.25) is 0 Å². The molecule has 0 aliphatic rings. The summed E-state index contributed by atoms with van der Waals surface area (Å²) in [4.78, 5) is 0. The Morgan fingerprint density at radius 3 is 1.33 bits per heavy atom. The Labute approximate surface area is 106 Å². The SMILES string of the molecule is FC(C(F)(F)OCC(F)(F)C(F)(F)F)C(F)(F)C(F)(F)F. The van der Waals surface area contributed by atoms with Gasteiger partial charge in [0.05, 0.1) is 0 Å². The van der Waals surface area contributed by atoms with Crippen LogP contribution >= 0.6 is 0 Å². The van der Waals surface area contributed by atoms with Gasteiger partial charge in [-0.15, -0.1) is 0 Å². The molecule has 0 bridgehead atoms. The van der Waals surface area contributed by atoms with Gasteiger partial charge in [-0.05, 0) is 0 Å². The van der Waals surface area contributed by atoms with E-state index in [-0.39, 0.29) is 0 Å². The van der Waals surface area contributed by atoms with Crippen LogP contribution in [0.15, 0.2) is 0 Å². The third-order valence-corrected chi connectivity index (χ3v) is 1.85. The zero-order chi connectivity index (χ0) is 17.5. The molecule has 0 aliphatic carbocycles. The number of rotatable bonds is 5. The Bertz CT molecular complexity index is 353. The molecule has 128 valence electrons. The first kappa shape index (κ1) is 20.1. The van der Waals surface area contributed by atoms with Crippen molar-refractivity contribution in [3.05, 3.63) is 0 Å². The first-order valence-corrected chi connectivity index (χ1v) is 4.41. The van der Waals surface area contributed by atoms with Crippen LogP contribution in [0, 0.1) is 0 Å². The van der Waals surface area contributed by atoms with E-state index in [1.807, 2.05) is 0 Å². The summed E-state index contributed by atoms with van der Waals surface area (Å²) >= 11 is 0. The number of alkyl halides is 13. The van der Waals surface area contributed by atoms with Crippen LogP contribution in [-0.4, -0.2) is 43.1 Å². The highest BCUT2D eigenvalue weighted by Crippen LogP contribution is 2.46. The maximum Gasteiger partial charge on any atom is 0.456 e. The molecule has 0 aliphatic heterocycles. The molecule has 1 nitrogen and oxygen atoms in total. The van der Waals surface area contributed by atoms with E-state index in [2.05, 4.69) is 4.74 Å². The Morgan fingerprint density at radius 2 is 1.05 bits per heavy atom. The fourth-order valence-electron chi connectivity index (χ4n) is 0.697. The minimum atomic E-state index is -6.84. The van der Waals surface area contributed by atoms with E-state index in [0.29, 0.717) is 0 Å². The minimum absolute atomic E-state index is 2.31. The van der Waals surface area contributed by atoms with Gasteiger partial charge in [0.25, 0.3) is 6.17 Å². The predicted molar refractivity (Wildman–Crippen MR) is 37.8 cm³/mol. The topological polar surface area (TPSA) is 9.23 Å². The molecule has 21 heavy (non-hydrogen) atoms. The van der Waals surface area contributed by atoms with E-state index in [4.69, 9.17) is 0 Å². The predicted octanol–water partition coefficient (Wildman–Crippen LogP) is 4.33. The lowest BCUT2D eigenvalue weighted by Crippen LogP contribution is -2.55. The summed E-state index contributed by atoms with van der Waals surface area (Å²) in [5, 5.41) is 0. The number of hydrogen-bond donors (Lipinski definition) is 0. The molecule has 0 saturated carbocycles. The summed E-state index contributed by atoms with van der Waals surface area (Å²) in [5.41, 5.74) is 0. The first-order chi connectivity index (χ1) is 8.86. The Kier molecular flexibility index (Phi) is 5.11. The molecule has 0 N–H and O–H groups in total. The largest absolute Gasteiger partial charge is 0.456 e. The summed E-state index contributed by atoms with van der Waals surface area (Å²) in [6.45, 7) is -3.35. The maximum atomic E-state index is 12.5. The summed E-state index contributed by atoms with van der Waals surface area (Å²) in [5.74, 6) is -12.7. The van der Waals surface area contributed by atoms with Crippen LogP contribution in [0.3, 0.4) is 0 Å². The standard InChI is InChI=1S/C7H3F13O/c8-2(4(11,12)7(18,19)20)5(13,14)21-1-3(9,10)6(15,16)17/h2H,1H2. The zero-order valence-corrected chi connectivity index (χ0v) is 9.11. The van der Waals surface area contributed by atoms with Gasteiger partial charge >= 0.3 is 30.3 Å². The van der Waals surface area contributed by atoms with Gasteiger partial charge in [-0.1, -0.05) is 0 Å². The summed E-state index contributed by atoms with van der Waals surface area (Å²) in [6, 6.07) is 0. The van der Waals surface area contributed by atoms with Crippen molar-refractivity contribution in [1.29, 1.82) is 0 Å². The lowest BCUT2D eigenvalue weighted by molar-refractivity contribution is -0.387. The van der Waals surface area contributed by atoms with Crippen molar-refractivity contribution in [2.24, 2.45) is 0 Å². The van der Waals surface area contributed by atoms with Gasteiger partial charge < -0.3 is 4.74 Å².